The SMILES string of the molecule is CC(C)(C)c1ccc(N2CCN(C(=O)NCCCc3ccccc3)CC2)cc1. The molecule has 3 rings (SSSR count). The van der Waals surface area contributed by atoms with Crippen molar-refractivity contribution in [2.45, 2.75) is 39.0 Å². The Balaban J connectivity index is 1.40. The van der Waals surface area contributed by atoms with E-state index in [2.05, 4.69) is 79.5 Å². The second-order valence-corrected chi connectivity index (χ2v) is 8.59. The minimum absolute atomic E-state index is 0.0655. The third-order valence-corrected chi connectivity index (χ3v) is 5.43. The van der Waals surface area contributed by atoms with Gasteiger partial charge in [-0.15, -0.1) is 0 Å². The van der Waals surface area contributed by atoms with E-state index in [0.29, 0.717) is 0 Å². The Morgan fingerprint density at radius 3 is 2.18 bits per heavy atom. The van der Waals surface area contributed by atoms with Gasteiger partial charge in [-0.05, 0) is 41.5 Å². The fourth-order valence-electron chi connectivity index (χ4n) is 3.58. The van der Waals surface area contributed by atoms with Crippen molar-refractivity contribution in [2.24, 2.45) is 0 Å². The Bertz CT molecular complexity index is 742. The minimum atomic E-state index is 0.0655. The third-order valence-electron chi connectivity index (χ3n) is 5.43. The summed E-state index contributed by atoms with van der Waals surface area (Å²) in [7, 11) is 0. The summed E-state index contributed by atoms with van der Waals surface area (Å²) >= 11 is 0. The van der Waals surface area contributed by atoms with Gasteiger partial charge in [-0.3, -0.25) is 0 Å². The Morgan fingerprint density at radius 2 is 1.57 bits per heavy atom. The van der Waals surface area contributed by atoms with Gasteiger partial charge in [-0.1, -0.05) is 63.2 Å². The van der Waals surface area contributed by atoms with Crippen LogP contribution in [0.5, 0.6) is 0 Å². The number of benzene rings is 2. The van der Waals surface area contributed by atoms with Gasteiger partial charge in [0.05, 0.1) is 0 Å². The van der Waals surface area contributed by atoms with Crippen LogP contribution in [0, 0.1) is 0 Å². The summed E-state index contributed by atoms with van der Waals surface area (Å²) in [6.45, 7) is 10.7. The second kappa shape index (κ2) is 9.13. The van der Waals surface area contributed by atoms with Crippen molar-refractivity contribution in [1.82, 2.24) is 10.2 Å². The van der Waals surface area contributed by atoms with Gasteiger partial charge in [-0.25, -0.2) is 4.79 Å². The molecule has 0 atom stereocenters. The van der Waals surface area contributed by atoms with Crippen LogP contribution in [0.4, 0.5) is 10.5 Å². The van der Waals surface area contributed by atoms with E-state index in [1.807, 2.05) is 11.0 Å². The van der Waals surface area contributed by atoms with Crippen molar-refractivity contribution in [3.05, 3.63) is 65.7 Å². The standard InChI is InChI=1S/C24H33N3O/c1-24(2,3)21-11-13-22(14-12-21)26-16-18-27(19-17-26)23(28)25-15-7-10-20-8-5-4-6-9-20/h4-6,8-9,11-14H,7,10,15-19H2,1-3H3,(H,25,28). The molecular formula is C24H33N3O. The molecule has 0 aliphatic carbocycles. The Kier molecular flexibility index (Phi) is 6.61. The molecule has 1 aliphatic rings. The summed E-state index contributed by atoms with van der Waals surface area (Å²) in [6, 6.07) is 19.3. The number of amides is 2. The lowest BCUT2D eigenvalue weighted by molar-refractivity contribution is 0.194. The molecule has 1 N–H and O–H groups in total. The summed E-state index contributed by atoms with van der Waals surface area (Å²) in [5.74, 6) is 0. The molecule has 0 saturated carbocycles. The van der Waals surface area contributed by atoms with Crippen molar-refractivity contribution in [3.8, 4) is 0 Å². The predicted molar refractivity (Wildman–Crippen MR) is 117 cm³/mol. The number of hydrogen-bond donors (Lipinski definition) is 1. The average molecular weight is 380 g/mol. The maximum Gasteiger partial charge on any atom is 0.317 e. The first kappa shape index (κ1) is 20.2. The van der Waals surface area contributed by atoms with E-state index in [1.54, 1.807) is 0 Å². The fraction of sp³-hybridized carbons (Fsp3) is 0.458. The van der Waals surface area contributed by atoms with Gasteiger partial charge >= 0.3 is 6.03 Å². The molecule has 2 aromatic carbocycles. The molecule has 4 heteroatoms. The molecule has 1 aliphatic heterocycles. The summed E-state index contributed by atoms with van der Waals surface area (Å²) in [5, 5.41) is 3.07. The predicted octanol–water partition coefficient (Wildman–Crippen LogP) is 4.45. The number of nitrogens with zero attached hydrogens (tertiary/aromatic N) is 2. The van der Waals surface area contributed by atoms with Crippen LogP contribution in [0.3, 0.4) is 0 Å². The quantitative estimate of drug-likeness (QED) is 0.779. The molecule has 150 valence electrons. The highest BCUT2D eigenvalue weighted by molar-refractivity contribution is 5.74. The third kappa shape index (κ3) is 5.51. The number of rotatable bonds is 5. The number of carbonyl (C=O) groups excluding carboxylic acids is 1. The van der Waals surface area contributed by atoms with Gasteiger partial charge < -0.3 is 15.1 Å². The molecule has 0 aromatic heterocycles. The van der Waals surface area contributed by atoms with Crippen LogP contribution < -0.4 is 10.2 Å². The van der Waals surface area contributed by atoms with E-state index in [9.17, 15) is 4.79 Å². The van der Waals surface area contributed by atoms with Gasteiger partial charge in [0.15, 0.2) is 0 Å². The summed E-state index contributed by atoms with van der Waals surface area (Å²) < 4.78 is 0. The molecule has 0 unspecified atom stereocenters. The van der Waals surface area contributed by atoms with Crippen molar-refractivity contribution >= 4 is 11.7 Å². The Hall–Kier alpha value is -2.49. The van der Waals surface area contributed by atoms with Gasteiger partial charge in [0.25, 0.3) is 0 Å². The van der Waals surface area contributed by atoms with E-state index < -0.39 is 0 Å². The Morgan fingerprint density at radius 1 is 0.929 bits per heavy atom. The van der Waals surface area contributed by atoms with Crippen LogP contribution in [0.25, 0.3) is 0 Å². The summed E-state index contributed by atoms with van der Waals surface area (Å²) in [6.07, 6.45) is 1.97. The number of anilines is 1. The van der Waals surface area contributed by atoms with Crippen molar-refractivity contribution < 1.29 is 4.79 Å². The lowest BCUT2D eigenvalue weighted by Gasteiger charge is -2.36. The number of urea groups is 1. The summed E-state index contributed by atoms with van der Waals surface area (Å²) in [5.41, 5.74) is 4.10. The molecule has 2 amide bonds. The van der Waals surface area contributed by atoms with Gasteiger partial charge in [0.1, 0.15) is 0 Å². The van der Waals surface area contributed by atoms with E-state index in [1.165, 1.54) is 16.8 Å². The van der Waals surface area contributed by atoms with Crippen LogP contribution >= 0.6 is 0 Å². The highest BCUT2D eigenvalue weighted by Crippen LogP contribution is 2.25. The van der Waals surface area contributed by atoms with Gasteiger partial charge in [-0.2, -0.15) is 0 Å². The maximum atomic E-state index is 12.4. The fourth-order valence-corrected chi connectivity index (χ4v) is 3.58. The van der Waals surface area contributed by atoms with Crippen LogP contribution in [-0.2, 0) is 11.8 Å². The number of hydrogen-bond acceptors (Lipinski definition) is 2. The lowest BCUT2D eigenvalue weighted by Crippen LogP contribution is -2.52. The lowest BCUT2D eigenvalue weighted by atomic mass is 9.87. The zero-order valence-corrected chi connectivity index (χ0v) is 17.4. The average Bonchev–Trinajstić information content (AvgIpc) is 2.71. The zero-order chi connectivity index (χ0) is 20.0. The maximum absolute atomic E-state index is 12.4. The molecule has 2 aromatic rings. The number of piperazine rings is 1. The smallest absolute Gasteiger partial charge is 0.317 e. The largest absolute Gasteiger partial charge is 0.368 e. The van der Waals surface area contributed by atoms with Gasteiger partial charge in [0.2, 0.25) is 0 Å². The molecule has 1 fully saturated rings. The summed E-state index contributed by atoms with van der Waals surface area (Å²) in [4.78, 5) is 16.7. The molecule has 0 radical (unpaired) electrons. The zero-order valence-electron chi connectivity index (χ0n) is 17.4. The molecule has 0 bridgehead atoms. The first-order valence-corrected chi connectivity index (χ1v) is 10.4. The van der Waals surface area contributed by atoms with Crippen LogP contribution in [-0.4, -0.2) is 43.7 Å². The monoisotopic (exact) mass is 379 g/mol. The Labute approximate surface area is 169 Å². The second-order valence-electron chi connectivity index (χ2n) is 8.59. The molecule has 1 heterocycles. The van der Waals surface area contributed by atoms with Crippen molar-refractivity contribution in [2.75, 3.05) is 37.6 Å². The molecule has 1 saturated heterocycles. The topological polar surface area (TPSA) is 35.6 Å². The van der Waals surface area contributed by atoms with E-state index >= 15 is 0 Å². The number of nitrogens with one attached hydrogen (secondary N) is 1. The molecular weight excluding hydrogens is 346 g/mol. The molecule has 4 nitrogen and oxygen atoms in total. The van der Waals surface area contributed by atoms with Crippen LogP contribution in [0.15, 0.2) is 54.6 Å². The van der Waals surface area contributed by atoms with Crippen molar-refractivity contribution in [1.29, 1.82) is 0 Å². The first-order valence-electron chi connectivity index (χ1n) is 10.4. The molecule has 0 spiro atoms. The van der Waals surface area contributed by atoms with Crippen LogP contribution in [0.1, 0.15) is 38.3 Å². The van der Waals surface area contributed by atoms with Gasteiger partial charge in [0, 0.05) is 38.4 Å². The van der Waals surface area contributed by atoms with E-state index in [4.69, 9.17) is 0 Å². The van der Waals surface area contributed by atoms with Crippen molar-refractivity contribution in [3.63, 3.8) is 0 Å². The highest BCUT2D eigenvalue weighted by Gasteiger charge is 2.21. The van der Waals surface area contributed by atoms with Crippen LogP contribution in [0.2, 0.25) is 0 Å². The van der Waals surface area contributed by atoms with E-state index in [0.717, 1.165) is 45.6 Å². The highest BCUT2D eigenvalue weighted by atomic mass is 16.2. The first-order chi connectivity index (χ1) is 13.4. The minimum Gasteiger partial charge on any atom is -0.368 e. The van der Waals surface area contributed by atoms with E-state index in [-0.39, 0.29) is 11.4 Å². The normalized spacial score (nSPS) is 14.8. The number of aryl methyl sites for hydroxylation is 1. The number of carbonyl (C=O) groups is 1. The molecule has 28 heavy (non-hydrogen) atoms.